The van der Waals surface area contributed by atoms with Gasteiger partial charge in [0.15, 0.2) is 0 Å². The van der Waals surface area contributed by atoms with Gasteiger partial charge in [-0.05, 0) is 55.9 Å². The highest BCUT2D eigenvalue weighted by Crippen LogP contribution is 2.24. The van der Waals surface area contributed by atoms with Crippen molar-refractivity contribution in [3.05, 3.63) is 45.4 Å². The van der Waals surface area contributed by atoms with Gasteiger partial charge in [0.05, 0.1) is 15.6 Å². The first-order valence-corrected chi connectivity index (χ1v) is 9.93. The number of rotatable bonds is 5. The average Bonchev–Trinajstić information content (AvgIpc) is 2.92. The quantitative estimate of drug-likeness (QED) is 0.913. The maximum absolute atomic E-state index is 12.4. The molecule has 2 aromatic rings. The van der Waals surface area contributed by atoms with E-state index in [1.165, 1.54) is 17.5 Å². The Balaban J connectivity index is 1.67. The molecule has 0 atom stereocenters. The van der Waals surface area contributed by atoms with Crippen molar-refractivity contribution in [1.82, 2.24) is 9.71 Å². The molecule has 0 saturated heterocycles. The second kappa shape index (κ2) is 6.48. The summed E-state index contributed by atoms with van der Waals surface area (Å²) in [4.78, 5) is 4.72. The van der Waals surface area contributed by atoms with E-state index in [0.717, 1.165) is 30.0 Å². The normalized spacial score (nSPS) is 14.8. The molecule has 1 aromatic heterocycles. The number of fused-ring (bicyclic) bond motifs is 1. The Bertz CT molecular complexity index is 766. The third-order valence-electron chi connectivity index (χ3n) is 3.97. The molecule has 0 radical (unpaired) electrons. The van der Waals surface area contributed by atoms with E-state index in [1.54, 1.807) is 17.4 Å². The Morgan fingerprint density at radius 1 is 1.23 bits per heavy atom. The van der Waals surface area contributed by atoms with Crippen molar-refractivity contribution in [2.75, 3.05) is 6.54 Å². The minimum absolute atomic E-state index is 0.377. The fourth-order valence-electron chi connectivity index (χ4n) is 2.80. The number of benzene rings is 1. The lowest BCUT2D eigenvalue weighted by Crippen LogP contribution is -2.26. The smallest absolute Gasteiger partial charge is 0.240 e. The molecule has 4 nitrogen and oxygen atoms in total. The monoisotopic (exact) mass is 336 g/mol. The van der Waals surface area contributed by atoms with E-state index >= 15 is 0 Å². The number of sulfonamides is 1. The van der Waals surface area contributed by atoms with E-state index < -0.39 is 10.0 Å². The molecular formula is C16H20N2O2S2. The lowest BCUT2D eigenvalue weighted by molar-refractivity contribution is 0.580. The molecule has 0 amide bonds. The molecule has 118 valence electrons. The van der Waals surface area contributed by atoms with Gasteiger partial charge in [0.2, 0.25) is 10.0 Å². The van der Waals surface area contributed by atoms with Crippen molar-refractivity contribution in [2.45, 2.75) is 43.9 Å². The fraction of sp³-hybridized carbons (Fsp3) is 0.438. The van der Waals surface area contributed by atoms with Crippen molar-refractivity contribution in [2.24, 2.45) is 0 Å². The average molecular weight is 336 g/mol. The summed E-state index contributed by atoms with van der Waals surface area (Å²) >= 11 is 1.59. The summed E-state index contributed by atoms with van der Waals surface area (Å²) in [6.45, 7) is 2.33. The van der Waals surface area contributed by atoms with Gasteiger partial charge in [0.1, 0.15) is 0 Å². The summed E-state index contributed by atoms with van der Waals surface area (Å²) in [5.41, 5.74) is 3.42. The van der Waals surface area contributed by atoms with Crippen molar-refractivity contribution in [3.8, 4) is 0 Å². The van der Waals surface area contributed by atoms with E-state index in [4.69, 9.17) is 0 Å². The lowest BCUT2D eigenvalue weighted by atomic mass is 9.92. The van der Waals surface area contributed by atoms with Crippen LogP contribution in [0, 0.1) is 6.92 Å². The Hall–Kier alpha value is -1.24. The summed E-state index contributed by atoms with van der Waals surface area (Å²) in [5, 5.41) is 2.98. The molecule has 0 spiro atoms. The Labute approximate surface area is 135 Å². The van der Waals surface area contributed by atoms with Crippen LogP contribution in [-0.4, -0.2) is 19.9 Å². The zero-order valence-electron chi connectivity index (χ0n) is 12.6. The van der Waals surface area contributed by atoms with Crippen molar-refractivity contribution < 1.29 is 8.42 Å². The molecule has 1 aliphatic carbocycles. The number of nitrogens with zero attached hydrogens (tertiary/aromatic N) is 1. The van der Waals surface area contributed by atoms with E-state index in [0.29, 0.717) is 17.9 Å². The Kier molecular flexibility index (Phi) is 4.61. The number of hydrogen-bond acceptors (Lipinski definition) is 4. The molecule has 0 bridgehead atoms. The molecule has 0 saturated carbocycles. The molecule has 1 aromatic carbocycles. The first-order chi connectivity index (χ1) is 10.5. The van der Waals surface area contributed by atoms with Gasteiger partial charge in [-0.1, -0.05) is 6.07 Å². The molecule has 6 heteroatoms. The van der Waals surface area contributed by atoms with Gasteiger partial charge in [-0.3, -0.25) is 0 Å². The highest BCUT2D eigenvalue weighted by molar-refractivity contribution is 7.89. The van der Waals surface area contributed by atoms with Gasteiger partial charge in [-0.25, -0.2) is 18.1 Å². The van der Waals surface area contributed by atoms with Crippen molar-refractivity contribution >= 4 is 21.4 Å². The number of thiazole rings is 1. The third-order valence-corrected chi connectivity index (χ3v) is 6.25. The molecule has 1 heterocycles. The summed E-state index contributed by atoms with van der Waals surface area (Å²) < 4.78 is 27.4. The van der Waals surface area contributed by atoms with Gasteiger partial charge in [0.25, 0.3) is 0 Å². The minimum atomic E-state index is -3.43. The van der Waals surface area contributed by atoms with E-state index in [2.05, 4.69) is 9.71 Å². The maximum atomic E-state index is 12.4. The van der Waals surface area contributed by atoms with Crippen LogP contribution in [0.15, 0.2) is 28.5 Å². The molecule has 3 rings (SSSR count). The van der Waals surface area contributed by atoms with Crippen LogP contribution in [0.5, 0.6) is 0 Å². The predicted molar refractivity (Wildman–Crippen MR) is 88.8 cm³/mol. The fourth-order valence-corrected chi connectivity index (χ4v) is 4.53. The van der Waals surface area contributed by atoms with Gasteiger partial charge in [0, 0.05) is 18.3 Å². The second-order valence-electron chi connectivity index (χ2n) is 5.64. The van der Waals surface area contributed by atoms with Crippen LogP contribution in [0.2, 0.25) is 0 Å². The summed E-state index contributed by atoms with van der Waals surface area (Å²) in [7, 11) is -3.43. The highest BCUT2D eigenvalue weighted by Gasteiger charge is 2.17. The van der Waals surface area contributed by atoms with E-state index in [1.807, 2.05) is 24.4 Å². The minimum Gasteiger partial charge on any atom is -0.247 e. The third kappa shape index (κ3) is 3.56. The lowest BCUT2D eigenvalue weighted by Gasteiger charge is -2.16. The van der Waals surface area contributed by atoms with E-state index in [-0.39, 0.29) is 0 Å². The zero-order chi connectivity index (χ0) is 15.6. The molecule has 1 aliphatic rings. The van der Waals surface area contributed by atoms with Crippen LogP contribution in [-0.2, 0) is 29.3 Å². The number of aromatic nitrogens is 1. The molecule has 0 aliphatic heterocycles. The highest BCUT2D eigenvalue weighted by atomic mass is 32.2. The summed E-state index contributed by atoms with van der Waals surface area (Å²) in [6.07, 6.45) is 5.01. The summed E-state index contributed by atoms with van der Waals surface area (Å²) in [6, 6.07) is 5.52. The molecule has 1 N–H and O–H groups in total. The second-order valence-corrected chi connectivity index (χ2v) is 8.47. The van der Waals surface area contributed by atoms with Crippen LogP contribution in [0.4, 0.5) is 0 Å². The summed E-state index contributed by atoms with van der Waals surface area (Å²) in [5.74, 6) is 0. The Morgan fingerprint density at radius 3 is 2.73 bits per heavy atom. The molecule has 22 heavy (non-hydrogen) atoms. The number of nitrogens with one attached hydrogen (secondary N) is 1. The molecule has 0 unspecified atom stereocenters. The first-order valence-electron chi connectivity index (χ1n) is 7.57. The number of aryl methyl sites for hydroxylation is 3. The topological polar surface area (TPSA) is 59.1 Å². The SMILES string of the molecule is Cc1nc(CCNS(=O)(=O)c2ccc3c(c2)CCCC3)cs1. The largest absolute Gasteiger partial charge is 0.247 e. The van der Waals surface area contributed by atoms with Crippen LogP contribution in [0.25, 0.3) is 0 Å². The zero-order valence-corrected chi connectivity index (χ0v) is 14.3. The molecular weight excluding hydrogens is 316 g/mol. The standard InChI is InChI=1S/C16H20N2O2S2/c1-12-18-15(11-21-12)8-9-17-22(19,20)16-7-6-13-4-2-3-5-14(13)10-16/h6-7,10-11,17H,2-5,8-9H2,1H3. The number of hydrogen-bond donors (Lipinski definition) is 1. The van der Waals surface area contributed by atoms with Crippen molar-refractivity contribution in [3.63, 3.8) is 0 Å². The molecule has 0 fully saturated rings. The van der Waals surface area contributed by atoms with Crippen molar-refractivity contribution in [1.29, 1.82) is 0 Å². The van der Waals surface area contributed by atoms with Crippen LogP contribution < -0.4 is 4.72 Å². The van der Waals surface area contributed by atoms with Gasteiger partial charge in [-0.15, -0.1) is 11.3 Å². The van der Waals surface area contributed by atoms with E-state index in [9.17, 15) is 8.42 Å². The Morgan fingerprint density at radius 2 is 2.00 bits per heavy atom. The van der Waals surface area contributed by atoms with Crippen LogP contribution >= 0.6 is 11.3 Å². The van der Waals surface area contributed by atoms with Gasteiger partial charge >= 0.3 is 0 Å². The maximum Gasteiger partial charge on any atom is 0.240 e. The first kappa shape index (κ1) is 15.6. The van der Waals surface area contributed by atoms with Gasteiger partial charge < -0.3 is 0 Å². The van der Waals surface area contributed by atoms with Crippen LogP contribution in [0.1, 0.15) is 34.7 Å². The van der Waals surface area contributed by atoms with Gasteiger partial charge in [-0.2, -0.15) is 0 Å². The van der Waals surface area contributed by atoms with Crippen LogP contribution in [0.3, 0.4) is 0 Å². The predicted octanol–water partition coefficient (Wildman–Crippen LogP) is 2.85.